The monoisotopic (exact) mass is 384 g/mol. The van der Waals surface area contributed by atoms with E-state index in [4.69, 9.17) is 10.5 Å². The number of hydrogen-bond acceptors (Lipinski definition) is 5. The Hall–Kier alpha value is -2.22. The molecule has 28 heavy (non-hydrogen) atoms. The van der Waals surface area contributed by atoms with Crippen LogP contribution in [0.15, 0.2) is 24.3 Å². The molecule has 3 N–H and O–H groups in total. The number of fused-ring (bicyclic) bond motifs is 2. The third-order valence-electron chi connectivity index (χ3n) is 5.90. The number of nitrogens with zero attached hydrogens (tertiary/aromatic N) is 3. The first-order valence-electron chi connectivity index (χ1n) is 9.93. The van der Waals surface area contributed by atoms with E-state index in [1.807, 2.05) is 4.57 Å². The zero-order valence-electron chi connectivity index (χ0n) is 16.3. The lowest BCUT2D eigenvalue weighted by Gasteiger charge is -2.30. The average Bonchev–Trinajstić information content (AvgIpc) is 3.05. The number of ether oxygens (including phenoxy) is 1. The Morgan fingerprint density at radius 2 is 2.14 bits per heavy atom. The van der Waals surface area contributed by atoms with E-state index in [1.165, 1.54) is 11.1 Å². The molecule has 0 saturated carbocycles. The highest BCUT2D eigenvalue weighted by Gasteiger charge is 2.28. The molecule has 0 spiro atoms. The van der Waals surface area contributed by atoms with Gasteiger partial charge >= 0.3 is 0 Å². The Kier molecular flexibility index (Phi) is 5.48. The number of hydrogen-bond donors (Lipinski definition) is 2. The van der Waals surface area contributed by atoms with Crippen molar-refractivity contribution in [3.05, 3.63) is 52.6 Å². The third-order valence-corrected chi connectivity index (χ3v) is 5.90. The highest BCUT2D eigenvalue weighted by atomic mass is 16.5. The number of methoxy groups -OCH3 is 1. The number of imidazole rings is 1. The summed E-state index contributed by atoms with van der Waals surface area (Å²) >= 11 is 0. The van der Waals surface area contributed by atoms with E-state index in [-0.39, 0.29) is 11.8 Å². The lowest BCUT2D eigenvalue weighted by atomic mass is 9.99. The normalized spacial score (nSPS) is 20.4. The summed E-state index contributed by atoms with van der Waals surface area (Å²) in [7, 11) is 1.70. The van der Waals surface area contributed by atoms with Crippen LogP contribution in [0.1, 0.15) is 39.6 Å². The quantitative estimate of drug-likeness (QED) is 0.772. The first-order chi connectivity index (χ1) is 13.5. The molecule has 0 aliphatic carbocycles. The Labute approximate surface area is 165 Å². The highest BCUT2D eigenvalue weighted by molar-refractivity contribution is 5.92. The molecule has 1 unspecified atom stereocenters. The van der Waals surface area contributed by atoms with Crippen molar-refractivity contribution in [2.45, 2.75) is 51.0 Å². The zero-order chi connectivity index (χ0) is 19.7. The van der Waals surface area contributed by atoms with Gasteiger partial charge in [0, 0.05) is 39.6 Å². The molecule has 1 aromatic heterocycles. The van der Waals surface area contributed by atoms with Crippen molar-refractivity contribution in [3.63, 3.8) is 0 Å². The van der Waals surface area contributed by atoms with E-state index in [9.17, 15) is 9.90 Å². The standard InChI is InChI=1S/C21H28N4O3/c1-28-17-6-7-19-23-20(21(22)27)18(25(19)13-17)10-16(26)12-24-9-8-14-4-2-3-5-15(14)11-24/h2-5,16-17,26H,6-13H2,1H3,(H2,22,27)/t16-,17?/m0/s1. The van der Waals surface area contributed by atoms with Gasteiger partial charge in [0.15, 0.2) is 0 Å². The summed E-state index contributed by atoms with van der Waals surface area (Å²) in [6, 6.07) is 8.46. The summed E-state index contributed by atoms with van der Waals surface area (Å²) in [5.74, 6) is 0.321. The highest BCUT2D eigenvalue weighted by Crippen LogP contribution is 2.24. The molecule has 1 amide bonds. The summed E-state index contributed by atoms with van der Waals surface area (Å²) in [4.78, 5) is 18.6. The van der Waals surface area contributed by atoms with Crippen molar-refractivity contribution in [3.8, 4) is 0 Å². The van der Waals surface area contributed by atoms with Gasteiger partial charge in [0.05, 0.1) is 24.4 Å². The molecule has 2 aromatic rings. The SMILES string of the molecule is COC1CCc2nc(C(N)=O)c(C[C@H](O)CN3CCc4ccccc4C3)n2C1. The van der Waals surface area contributed by atoms with Crippen LogP contribution in [0.2, 0.25) is 0 Å². The fourth-order valence-corrected chi connectivity index (χ4v) is 4.42. The maximum Gasteiger partial charge on any atom is 0.269 e. The van der Waals surface area contributed by atoms with Crippen LogP contribution in [-0.2, 0) is 37.1 Å². The second-order valence-corrected chi connectivity index (χ2v) is 7.81. The van der Waals surface area contributed by atoms with Gasteiger partial charge < -0.3 is 20.1 Å². The number of primary amides is 1. The fourth-order valence-electron chi connectivity index (χ4n) is 4.42. The molecule has 4 rings (SSSR count). The van der Waals surface area contributed by atoms with Crippen LogP contribution in [0.3, 0.4) is 0 Å². The van der Waals surface area contributed by atoms with Crippen LogP contribution in [0, 0.1) is 0 Å². The van der Waals surface area contributed by atoms with E-state index < -0.39 is 12.0 Å². The number of carbonyl (C=O) groups is 1. The molecule has 2 aliphatic heterocycles. The number of benzene rings is 1. The predicted molar refractivity (Wildman–Crippen MR) is 105 cm³/mol. The van der Waals surface area contributed by atoms with Crippen LogP contribution in [-0.4, -0.2) is 57.9 Å². The van der Waals surface area contributed by atoms with Gasteiger partial charge in [0.25, 0.3) is 5.91 Å². The van der Waals surface area contributed by atoms with Crippen LogP contribution in [0.25, 0.3) is 0 Å². The molecule has 0 radical (unpaired) electrons. The number of aliphatic hydroxyl groups is 1. The molecule has 7 nitrogen and oxygen atoms in total. The van der Waals surface area contributed by atoms with Crippen molar-refractivity contribution in [1.29, 1.82) is 0 Å². The number of aromatic nitrogens is 2. The number of nitrogens with two attached hydrogens (primary N) is 1. The second kappa shape index (κ2) is 8.03. The number of carbonyl (C=O) groups excluding carboxylic acids is 1. The summed E-state index contributed by atoms with van der Waals surface area (Å²) in [5, 5.41) is 10.8. The summed E-state index contributed by atoms with van der Waals surface area (Å²) in [6.07, 6.45) is 2.48. The number of aryl methyl sites for hydroxylation is 1. The zero-order valence-corrected chi connectivity index (χ0v) is 16.3. The van der Waals surface area contributed by atoms with Crippen LogP contribution < -0.4 is 5.73 Å². The van der Waals surface area contributed by atoms with Crippen LogP contribution >= 0.6 is 0 Å². The molecule has 3 heterocycles. The summed E-state index contributed by atoms with van der Waals surface area (Å²) in [5.41, 5.74) is 9.30. The molecular weight excluding hydrogens is 356 g/mol. The minimum Gasteiger partial charge on any atom is -0.391 e. The molecule has 2 aliphatic rings. The minimum atomic E-state index is -0.591. The van der Waals surface area contributed by atoms with Crippen molar-refractivity contribution in [2.24, 2.45) is 5.73 Å². The summed E-state index contributed by atoms with van der Waals surface area (Å²) in [6.45, 7) is 2.96. The maximum atomic E-state index is 11.9. The first kappa shape index (κ1) is 19.1. The number of aliphatic hydroxyl groups excluding tert-OH is 1. The molecule has 2 atom stereocenters. The van der Waals surface area contributed by atoms with Crippen LogP contribution in [0.5, 0.6) is 0 Å². The predicted octanol–water partition coefficient (Wildman–Crippen LogP) is 0.905. The van der Waals surface area contributed by atoms with Crippen LogP contribution in [0.4, 0.5) is 0 Å². The van der Waals surface area contributed by atoms with E-state index >= 15 is 0 Å². The van der Waals surface area contributed by atoms with Gasteiger partial charge in [-0.1, -0.05) is 24.3 Å². The molecule has 7 heteroatoms. The topological polar surface area (TPSA) is 93.6 Å². The Bertz CT molecular complexity index is 863. The number of amides is 1. The molecule has 150 valence electrons. The number of β-amino-alcohol motifs (C(OH)–C–C–N with tert-alkyl or cyclic N) is 1. The van der Waals surface area contributed by atoms with E-state index in [1.54, 1.807) is 7.11 Å². The maximum absolute atomic E-state index is 11.9. The van der Waals surface area contributed by atoms with Gasteiger partial charge in [0.1, 0.15) is 11.5 Å². The minimum absolute atomic E-state index is 0.0944. The Morgan fingerprint density at radius 3 is 2.89 bits per heavy atom. The smallest absolute Gasteiger partial charge is 0.269 e. The lowest BCUT2D eigenvalue weighted by Crippen LogP contribution is -2.38. The van der Waals surface area contributed by atoms with E-state index in [2.05, 4.69) is 34.1 Å². The average molecular weight is 384 g/mol. The number of rotatable bonds is 6. The molecule has 1 aromatic carbocycles. The molecule has 0 bridgehead atoms. The van der Waals surface area contributed by atoms with Gasteiger partial charge in [-0.3, -0.25) is 9.69 Å². The van der Waals surface area contributed by atoms with Gasteiger partial charge in [-0.15, -0.1) is 0 Å². The Balaban J connectivity index is 1.48. The van der Waals surface area contributed by atoms with Crippen molar-refractivity contribution >= 4 is 5.91 Å². The second-order valence-electron chi connectivity index (χ2n) is 7.81. The first-order valence-corrected chi connectivity index (χ1v) is 9.93. The van der Waals surface area contributed by atoms with E-state index in [0.29, 0.717) is 19.5 Å². The lowest BCUT2D eigenvalue weighted by molar-refractivity contribution is 0.0676. The summed E-state index contributed by atoms with van der Waals surface area (Å²) < 4.78 is 7.52. The Morgan fingerprint density at radius 1 is 1.36 bits per heavy atom. The fraction of sp³-hybridized carbons (Fsp3) is 0.524. The van der Waals surface area contributed by atoms with Crippen molar-refractivity contribution in [2.75, 3.05) is 20.2 Å². The van der Waals surface area contributed by atoms with Gasteiger partial charge in [-0.05, 0) is 24.0 Å². The third kappa shape index (κ3) is 3.83. The van der Waals surface area contributed by atoms with Gasteiger partial charge in [0.2, 0.25) is 0 Å². The van der Waals surface area contributed by atoms with E-state index in [0.717, 1.165) is 43.9 Å². The van der Waals surface area contributed by atoms with Gasteiger partial charge in [-0.25, -0.2) is 4.98 Å². The largest absolute Gasteiger partial charge is 0.391 e. The van der Waals surface area contributed by atoms with Crippen molar-refractivity contribution < 1.29 is 14.6 Å². The molecule has 0 fully saturated rings. The van der Waals surface area contributed by atoms with Crippen molar-refractivity contribution in [1.82, 2.24) is 14.5 Å². The van der Waals surface area contributed by atoms with Gasteiger partial charge in [-0.2, -0.15) is 0 Å². The molecule has 0 saturated heterocycles. The molecular formula is C21H28N4O3.